The summed E-state index contributed by atoms with van der Waals surface area (Å²) in [5.41, 5.74) is 11.0. The summed E-state index contributed by atoms with van der Waals surface area (Å²) in [5, 5.41) is 0. The molecule has 0 bridgehead atoms. The van der Waals surface area contributed by atoms with Gasteiger partial charge in [0.2, 0.25) is 5.91 Å². The van der Waals surface area contributed by atoms with Crippen LogP contribution in [0.1, 0.15) is 33.1 Å². The Kier molecular flexibility index (Phi) is 3.50. The van der Waals surface area contributed by atoms with Crippen LogP contribution in [0, 0.1) is 17.3 Å². The molecule has 0 aromatic rings. The summed E-state index contributed by atoms with van der Waals surface area (Å²) in [6.45, 7) is 6.86. The Labute approximate surface area is 109 Å². The Morgan fingerprint density at radius 2 is 1.83 bits per heavy atom. The highest BCUT2D eigenvalue weighted by molar-refractivity contribution is 5.78. The molecule has 0 radical (unpaired) electrons. The van der Waals surface area contributed by atoms with Gasteiger partial charge in [0.1, 0.15) is 0 Å². The Bertz CT molecular complexity index is 344. The van der Waals surface area contributed by atoms with Crippen LogP contribution in [0.15, 0.2) is 4.99 Å². The molecule has 2 aliphatic rings. The fraction of sp³-hybridized carbons (Fsp3) is 0.846. The van der Waals surface area contributed by atoms with Crippen LogP contribution in [0.5, 0.6) is 0 Å². The van der Waals surface area contributed by atoms with Crippen molar-refractivity contribution in [3.05, 3.63) is 0 Å². The lowest BCUT2D eigenvalue weighted by Gasteiger charge is -2.33. The first-order valence-corrected chi connectivity index (χ1v) is 6.80. The van der Waals surface area contributed by atoms with Crippen molar-refractivity contribution >= 4 is 11.9 Å². The summed E-state index contributed by atoms with van der Waals surface area (Å²) in [5.74, 6) is 1.89. The molecule has 5 heteroatoms. The zero-order chi connectivity index (χ0) is 13.3. The van der Waals surface area contributed by atoms with Crippen molar-refractivity contribution in [2.24, 2.45) is 33.7 Å². The first-order valence-electron chi connectivity index (χ1n) is 6.80. The van der Waals surface area contributed by atoms with Crippen LogP contribution >= 0.6 is 0 Å². The largest absolute Gasteiger partial charge is 0.370 e. The number of nitrogens with two attached hydrogens (primary N) is 2. The second-order valence-corrected chi connectivity index (χ2v) is 5.75. The summed E-state index contributed by atoms with van der Waals surface area (Å²) in [6.07, 6.45) is 2.72. The van der Waals surface area contributed by atoms with Crippen molar-refractivity contribution in [1.29, 1.82) is 0 Å². The molecule has 102 valence electrons. The van der Waals surface area contributed by atoms with Gasteiger partial charge in [-0.25, -0.2) is 0 Å². The lowest BCUT2D eigenvalue weighted by Crippen LogP contribution is -2.40. The van der Waals surface area contributed by atoms with Gasteiger partial charge in [-0.2, -0.15) is 0 Å². The zero-order valence-corrected chi connectivity index (χ0v) is 11.4. The molecule has 1 saturated heterocycles. The Hall–Kier alpha value is -1.26. The summed E-state index contributed by atoms with van der Waals surface area (Å²) < 4.78 is 0. The Morgan fingerprint density at radius 1 is 1.28 bits per heavy atom. The Balaban J connectivity index is 1.76. The average Bonchev–Trinajstić information content (AvgIpc) is 2.82. The maximum absolute atomic E-state index is 11.9. The van der Waals surface area contributed by atoms with E-state index in [1.165, 1.54) is 0 Å². The third kappa shape index (κ3) is 2.31. The first kappa shape index (κ1) is 13.2. The predicted molar refractivity (Wildman–Crippen MR) is 71.9 cm³/mol. The minimum atomic E-state index is 0.0565. The number of amides is 1. The maximum atomic E-state index is 11.9. The minimum absolute atomic E-state index is 0.0565. The number of hydrogen-bond donors (Lipinski definition) is 2. The second kappa shape index (κ2) is 4.78. The van der Waals surface area contributed by atoms with Gasteiger partial charge in [0, 0.05) is 19.5 Å². The SMILES string of the molecule is CC1C(C)C12CCN(C(=O)CCN=C(N)N)CC2. The van der Waals surface area contributed by atoms with Crippen molar-refractivity contribution < 1.29 is 4.79 Å². The molecule has 2 fully saturated rings. The van der Waals surface area contributed by atoms with Gasteiger partial charge < -0.3 is 16.4 Å². The number of carbonyl (C=O) groups excluding carboxylic acids is 1. The van der Waals surface area contributed by atoms with Crippen LogP contribution in [-0.2, 0) is 4.79 Å². The molecule has 0 aromatic heterocycles. The van der Waals surface area contributed by atoms with E-state index in [0.29, 0.717) is 18.4 Å². The zero-order valence-electron chi connectivity index (χ0n) is 11.4. The van der Waals surface area contributed by atoms with Gasteiger partial charge in [-0.1, -0.05) is 13.8 Å². The number of hydrogen-bond acceptors (Lipinski definition) is 2. The fourth-order valence-electron chi connectivity index (χ4n) is 3.47. The number of aliphatic imine (C=N–C) groups is 1. The van der Waals surface area contributed by atoms with Gasteiger partial charge in [0.05, 0.1) is 6.54 Å². The molecule has 18 heavy (non-hydrogen) atoms. The monoisotopic (exact) mass is 252 g/mol. The molecule has 2 atom stereocenters. The van der Waals surface area contributed by atoms with Gasteiger partial charge in [-0.3, -0.25) is 9.79 Å². The summed E-state index contributed by atoms with van der Waals surface area (Å²) in [7, 11) is 0. The van der Waals surface area contributed by atoms with Gasteiger partial charge in [-0.05, 0) is 30.1 Å². The summed E-state index contributed by atoms with van der Waals surface area (Å²) >= 11 is 0. The van der Waals surface area contributed by atoms with Crippen LogP contribution < -0.4 is 11.5 Å². The summed E-state index contributed by atoms with van der Waals surface area (Å²) in [6, 6.07) is 0. The van der Waals surface area contributed by atoms with E-state index < -0.39 is 0 Å². The van der Waals surface area contributed by atoms with Gasteiger partial charge in [-0.15, -0.1) is 0 Å². The van der Waals surface area contributed by atoms with Crippen LogP contribution in [0.25, 0.3) is 0 Å². The van der Waals surface area contributed by atoms with Crippen molar-refractivity contribution in [2.45, 2.75) is 33.1 Å². The maximum Gasteiger partial charge on any atom is 0.224 e. The predicted octanol–water partition coefficient (Wildman–Crippen LogP) is 0.545. The van der Waals surface area contributed by atoms with Crippen molar-refractivity contribution in [1.82, 2.24) is 4.90 Å². The molecule has 1 aliphatic heterocycles. The number of nitrogens with zero attached hydrogens (tertiary/aromatic N) is 2. The molecule has 1 aliphatic carbocycles. The van der Waals surface area contributed by atoms with E-state index in [2.05, 4.69) is 18.8 Å². The normalized spacial score (nSPS) is 29.1. The molecule has 1 amide bonds. The van der Waals surface area contributed by atoms with E-state index in [1.807, 2.05) is 4.90 Å². The van der Waals surface area contributed by atoms with Gasteiger partial charge in [0.15, 0.2) is 5.96 Å². The van der Waals surface area contributed by atoms with E-state index >= 15 is 0 Å². The lowest BCUT2D eigenvalue weighted by molar-refractivity contribution is -0.132. The van der Waals surface area contributed by atoms with Crippen molar-refractivity contribution in [3.8, 4) is 0 Å². The third-order valence-electron chi connectivity index (χ3n) is 5.12. The lowest BCUT2D eigenvalue weighted by atomic mass is 9.89. The standard InChI is InChI=1S/C13H24N4O/c1-9-10(2)13(9)4-7-17(8-5-13)11(18)3-6-16-12(14)15/h9-10H,3-8H2,1-2H3,(H4,14,15,16). The average molecular weight is 252 g/mol. The molecule has 1 saturated carbocycles. The van der Waals surface area contributed by atoms with E-state index in [-0.39, 0.29) is 11.9 Å². The summed E-state index contributed by atoms with van der Waals surface area (Å²) in [4.78, 5) is 17.8. The quantitative estimate of drug-likeness (QED) is 0.568. The number of rotatable bonds is 3. The smallest absolute Gasteiger partial charge is 0.224 e. The molecule has 2 unspecified atom stereocenters. The molecule has 0 aromatic carbocycles. The highest BCUT2D eigenvalue weighted by atomic mass is 16.2. The highest BCUT2D eigenvalue weighted by Gasteiger charge is 2.59. The van der Waals surface area contributed by atoms with Crippen molar-refractivity contribution in [2.75, 3.05) is 19.6 Å². The molecule has 4 N–H and O–H groups in total. The number of likely N-dealkylation sites (tertiary alicyclic amines) is 1. The van der Waals surface area contributed by atoms with E-state index in [1.54, 1.807) is 0 Å². The number of guanidine groups is 1. The molecular weight excluding hydrogens is 228 g/mol. The highest BCUT2D eigenvalue weighted by Crippen LogP contribution is 2.64. The minimum Gasteiger partial charge on any atom is -0.370 e. The molecule has 5 nitrogen and oxygen atoms in total. The fourth-order valence-corrected chi connectivity index (χ4v) is 3.47. The second-order valence-electron chi connectivity index (χ2n) is 5.75. The first-order chi connectivity index (χ1) is 8.47. The van der Waals surface area contributed by atoms with Crippen LogP contribution in [-0.4, -0.2) is 36.4 Å². The van der Waals surface area contributed by atoms with Crippen molar-refractivity contribution in [3.63, 3.8) is 0 Å². The topological polar surface area (TPSA) is 84.7 Å². The third-order valence-corrected chi connectivity index (χ3v) is 5.12. The number of piperidine rings is 1. The van der Waals surface area contributed by atoms with Crippen LogP contribution in [0.3, 0.4) is 0 Å². The van der Waals surface area contributed by atoms with E-state index in [4.69, 9.17) is 11.5 Å². The molecule has 1 spiro atoms. The van der Waals surface area contributed by atoms with E-state index in [0.717, 1.165) is 37.8 Å². The van der Waals surface area contributed by atoms with E-state index in [9.17, 15) is 4.79 Å². The molecule has 1 heterocycles. The molecular formula is C13H24N4O. The number of carbonyl (C=O) groups is 1. The molecule has 2 rings (SSSR count). The van der Waals surface area contributed by atoms with Gasteiger partial charge in [0.25, 0.3) is 0 Å². The Morgan fingerprint density at radius 3 is 2.28 bits per heavy atom. The van der Waals surface area contributed by atoms with Crippen LogP contribution in [0.4, 0.5) is 0 Å². The van der Waals surface area contributed by atoms with Gasteiger partial charge >= 0.3 is 0 Å². The van der Waals surface area contributed by atoms with Crippen LogP contribution in [0.2, 0.25) is 0 Å².